The van der Waals surface area contributed by atoms with Crippen LogP contribution in [0, 0.1) is 12.8 Å². The van der Waals surface area contributed by atoms with Crippen molar-refractivity contribution in [3.05, 3.63) is 82.7 Å². The van der Waals surface area contributed by atoms with Crippen LogP contribution in [-0.4, -0.2) is 17.6 Å². The largest absolute Gasteiger partial charge is 0.497 e. The van der Waals surface area contributed by atoms with Crippen molar-refractivity contribution < 1.29 is 9.53 Å². The molecule has 1 heterocycles. The molecule has 0 fully saturated rings. The molecule has 0 aliphatic heterocycles. The average molecular weight is 389 g/mol. The summed E-state index contributed by atoms with van der Waals surface area (Å²) < 4.78 is 7.58. The van der Waals surface area contributed by atoms with Gasteiger partial charge in [0, 0.05) is 29.2 Å². The van der Waals surface area contributed by atoms with Gasteiger partial charge >= 0.3 is 0 Å². The van der Waals surface area contributed by atoms with Crippen molar-refractivity contribution in [2.45, 2.75) is 39.7 Å². The summed E-state index contributed by atoms with van der Waals surface area (Å²) in [6, 6.07) is 18.0. The van der Waals surface area contributed by atoms with Crippen molar-refractivity contribution in [2.24, 2.45) is 5.92 Å². The summed E-state index contributed by atoms with van der Waals surface area (Å²) in [6.07, 6.45) is 3.52. The van der Waals surface area contributed by atoms with Gasteiger partial charge in [-0.25, -0.2) is 0 Å². The minimum absolute atomic E-state index is 0.0700. The fourth-order valence-corrected chi connectivity index (χ4v) is 4.25. The van der Waals surface area contributed by atoms with Crippen molar-refractivity contribution in [3.63, 3.8) is 0 Å². The minimum Gasteiger partial charge on any atom is -0.497 e. The van der Waals surface area contributed by atoms with Gasteiger partial charge in [0.1, 0.15) is 5.75 Å². The van der Waals surface area contributed by atoms with Crippen LogP contribution in [0.2, 0.25) is 0 Å². The topological polar surface area (TPSA) is 43.3 Å². The van der Waals surface area contributed by atoms with E-state index in [4.69, 9.17) is 4.74 Å². The normalized spacial score (nSPS) is 15.6. The number of carbonyl (C=O) groups excluding carboxylic acids is 1. The van der Waals surface area contributed by atoms with Gasteiger partial charge in [-0.3, -0.25) is 4.79 Å². The Balaban J connectivity index is 1.47. The molecule has 4 heteroatoms. The van der Waals surface area contributed by atoms with Crippen LogP contribution >= 0.6 is 0 Å². The highest BCUT2D eigenvalue weighted by atomic mass is 16.5. The molecule has 1 amide bonds. The molecule has 1 aliphatic carbocycles. The van der Waals surface area contributed by atoms with E-state index in [1.807, 2.05) is 48.5 Å². The smallest absolute Gasteiger partial charge is 0.251 e. The molecule has 4 rings (SSSR count). The number of fused-ring (bicyclic) bond motifs is 1. The van der Waals surface area contributed by atoms with E-state index >= 15 is 0 Å². The maximum atomic E-state index is 12.6. The zero-order valence-electron chi connectivity index (χ0n) is 17.4. The van der Waals surface area contributed by atoms with Crippen molar-refractivity contribution in [1.82, 2.24) is 9.88 Å². The second-order valence-corrected chi connectivity index (χ2v) is 8.02. The summed E-state index contributed by atoms with van der Waals surface area (Å²) >= 11 is 0. The molecule has 0 bridgehead atoms. The Bertz CT molecular complexity index is 1020. The molecule has 1 atom stereocenters. The van der Waals surface area contributed by atoms with Gasteiger partial charge in [0.25, 0.3) is 5.91 Å². The standard InChI is InChI=1S/C25H28N2O2/c1-17-7-12-24-21(13-17)14-18(2)27(24)22-10-8-20(9-11-22)25(28)26-16-19-5-4-6-23(15-19)29-3/h4-6,8-11,14-15,17H,7,12-13,16H2,1-3H3,(H,26,28)/t17-/m1/s1. The Hall–Kier alpha value is -3.01. The number of nitrogens with one attached hydrogen (secondary N) is 1. The summed E-state index contributed by atoms with van der Waals surface area (Å²) in [5.41, 5.74) is 6.97. The third kappa shape index (κ3) is 4.07. The number of aromatic nitrogens is 1. The molecule has 3 aromatic rings. The first kappa shape index (κ1) is 19.3. The highest BCUT2D eigenvalue weighted by molar-refractivity contribution is 5.94. The first-order chi connectivity index (χ1) is 14.0. The number of aryl methyl sites for hydroxylation is 1. The molecule has 4 nitrogen and oxygen atoms in total. The van der Waals surface area contributed by atoms with Crippen LogP contribution in [0.5, 0.6) is 5.75 Å². The number of ether oxygens (including phenoxy) is 1. The molecular weight excluding hydrogens is 360 g/mol. The van der Waals surface area contributed by atoms with Crippen molar-refractivity contribution in [3.8, 4) is 11.4 Å². The van der Waals surface area contributed by atoms with Crippen molar-refractivity contribution >= 4 is 5.91 Å². The molecule has 1 aliphatic rings. The summed E-state index contributed by atoms with van der Waals surface area (Å²) in [6.45, 7) is 4.96. The molecule has 1 N–H and O–H groups in total. The number of nitrogens with zero attached hydrogens (tertiary/aromatic N) is 1. The van der Waals surface area contributed by atoms with E-state index in [2.05, 4.69) is 29.8 Å². The molecule has 0 radical (unpaired) electrons. The molecule has 29 heavy (non-hydrogen) atoms. The summed E-state index contributed by atoms with van der Waals surface area (Å²) in [5, 5.41) is 2.99. The second-order valence-electron chi connectivity index (χ2n) is 8.02. The first-order valence-electron chi connectivity index (χ1n) is 10.3. The van der Waals surface area contributed by atoms with E-state index in [0.29, 0.717) is 12.1 Å². The fraction of sp³-hybridized carbons (Fsp3) is 0.320. The van der Waals surface area contributed by atoms with Crippen molar-refractivity contribution in [1.29, 1.82) is 0 Å². The van der Waals surface area contributed by atoms with Crippen LogP contribution in [-0.2, 0) is 19.4 Å². The van der Waals surface area contributed by atoms with E-state index in [0.717, 1.165) is 35.8 Å². The van der Waals surface area contributed by atoms with Gasteiger partial charge in [0.2, 0.25) is 0 Å². The number of hydrogen-bond acceptors (Lipinski definition) is 2. The molecule has 1 aromatic heterocycles. The lowest BCUT2D eigenvalue weighted by Crippen LogP contribution is -2.22. The lowest BCUT2D eigenvalue weighted by atomic mass is 9.89. The number of methoxy groups -OCH3 is 1. The van der Waals surface area contributed by atoms with Crippen LogP contribution in [0.25, 0.3) is 5.69 Å². The third-order valence-electron chi connectivity index (χ3n) is 5.79. The first-order valence-corrected chi connectivity index (χ1v) is 10.3. The quantitative estimate of drug-likeness (QED) is 0.679. The monoisotopic (exact) mass is 388 g/mol. The second kappa shape index (κ2) is 8.16. The van der Waals surface area contributed by atoms with Crippen LogP contribution in [0.15, 0.2) is 54.6 Å². The lowest BCUT2D eigenvalue weighted by Gasteiger charge is -2.21. The average Bonchev–Trinajstić information content (AvgIpc) is 3.07. The Morgan fingerprint density at radius 1 is 1.17 bits per heavy atom. The Morgan fingerprint density at radius 3 is 2.72 bits per heavy atom. The summed E-state index contributed by atoms with van der Waals surface area (Å²) in [4.78, 5) is 12.6. The van der Waals surface area contributed by atoms with E-state index in [9.17, 15) is 4.79 Å². The highest BCUT2D eigenvalue weighted by Crippen LogP contribution is 2.30. The molecule has 2 aromatic carbocycles. The minimum atomic E-state index is -0.0700. The Labute approximate surface area is 172 Å². The highest BCUT2D eigenvalue weighted by Gasteiger charge is 2.21. The molecular formula is C25H28N2O2. The zero-order valence-corrected chi connectivity index (χ0v) is 17.4. The van der Waals surface area contributed by atoms with E-state index < -0.39 is 0 Å². The predicted octanol–water partition coefficient (Wildman–Crippen LogP) is 4.85. The summed E-state index contributed by atoms with van der Waals surface area (Å²) in [7, 11) is 1.64. The van der Waals surface area contributed by atoms with Crippen LogP contribution < -0.4 is 10.1 Å². The van der Waals surface area contributed by atoms with Gasteiger partial charge in [-0.2, -0.15) is 0 Å². The van der Waals surface area contributed by atoms with E-state index in [1.165, 1.54) is 23.4 Å². The van der Waals surface area contributed by atoms with E-state index in [1.54, 1.807) is 7.11 Å². The Morgan fingerprint density at radius 2 is 1.97 bits per heavy atom. The number of amides is 1. The molecule has 0 saturated carbocycles. The number of carbonyl (C=O) groups is 1. The van der Waals surface area contributed by atoms with Gasteiger partial charge in [-0.05, 0) is 85.7 Å². The molecule has 0 unspecified atom stereocenters. The van der Waals surface area contributed by atoms with Gasteiger partial charge in [-0.15, -0.1) is 0 Å². The third-order valence-corrected chi connectivity index (χ3v) is 5.79. The fourth-order valence-electron chi connectivity index (χ4n) is 4.25. The number of benzene rings is 2. The molecule has 0 saturated heterocycles. The maximum absolute atomic E-state index is 12.6. The molecule has 150 valence electrons. The maximum Gasteiger partial charge on any atom is 0.251 e. The number of rotatable bonds is 5. The zero-order chi connectivity index (χ0) is 20.4. The van der Waals surface area contributed by atoms with Crippen LogP contribution in [0.4, 0.5) is 0 Å². The molecule has 0 spiro atoms. The van der Waals surface area contributed by atoms with Crippen LogP contribution in [0.1, 0.15) is 46.2 Å². The van der Waals surface area contributed by atoms with Gasteiger partial charge < -0.3 is 14.6 Å². The van der Waals surface area contributed by atoms with Gasteiger partial charge in [0.15, 0.2) is 0 Å². The Kier molecular flexibility index (Phi) is 5.43. The van der Waals surface area contributed by atoms with Crippen molar-refractivity contribution in [2.75, 3.05) is 7.11 Å². The lowest BCUT2D eigenvalue weighted by molar-refractivity contribution is 0.0951. The van der Waals surface area contributed by atoms with Gasteiger partial charge in [0.05, 0.1) is 7.11 Å². The predicted molar refractivity (Wildman–Crippen MR) is 116 cm³/mol. The van der Waals surface area contributed by atoms with E-state index in [-0.39, 0.29) is 5.91 Å². The SMILES string of the molecule is COc1cccc(CNC(=O)c2ccc(-n3c(C)cc4c3CC[C@@H](C)C4)cc2)c1. The summed E-state index contributed by atoms with van der Waals surface area (Å²) in [5.74, 6) is 1.48. The number of hydrogen-bond donors (Lipinski definition) is 1. The van der Waals surface area contributed by atoms with Gasteiger partial charge in [-0.1, -0.05) is 19.1 Å². The van der Waals surface area contributed by atoms with Crippen LogP contribution in [0.3, 0.4) is 0 Å².